The summed E-state index contributed by atoms with van der Waals surface area (Å²) in [6, 6.07) is 11.8. The molecular formula is C18H17N3S. The highest BCUT2D eigenvalue weighted by Crippen LogP contribution is 2.46. The van der Waals surface area contributed by atoms with E-state index < -0.39 is 0 Å². The lowest BCUT2D eigenvalue weighted by molar-refractivity contribution is 0.228. The third kappa shape index (κ3) is 1.62. The van der Waals surface area contributed by atoms with Gasteiger partial charge in [0.25, 0.3) is 0 Å². The number of likely N-dealkylation sites (N-methyl/N-ethyl adjacent to an activating group) is 1. The van der Waals surface area contributed by atoms with Crippen molar-refractivity contribution < 1.29 is 0 Å². The van der Waals surface area contributed by atoms with Crippen molar-refractivity contribution in [2.24, 2.45) is 0 Å². The molecule has 2 aromatic carbocycles. The Hall–Kier alpha value is -1.91. The van der Waals surface area contributed by atoms with Gasteiger partial charge in [-0.25, -0.2) is 4.98 Å². The Kier molecular flexibility index (Phi) is 2.47. The van der Waals surface area contributed by atoms with Gasteiger partial charge in [0.2, 0.25) is 0 Å². The fourth-order valence-electron chi connectivity index (χ4n) is 4.05. The van der Waals surface area contributed by atoms with Gasteiger partial charge in [-0.15, -0.1) is 0 Å². The summed E-state index contributed by atoms with van der Waals surface area (Å²) in [5.74, 6) is 0. The summed E-state index contributed by atoms with van der Waals surface area (Å²) in [7, 11) is 2.25. The smallest absolute Gasteiger partial charge is 0.181 e. The lowest BCUT2D eigenvalue weighted by Crippen LogP contribution is -2.35. The Morgan fingerprint density at radius 1 is 1.23 bits per heavy atom. The fourth-order valence-corrected chi connectivity index (χ4v) is 4.83. The molecule has 1 aliphatic heterocycles. The minimum Gasteiger partial charge on any atom is -0.375 e. The van der Waals surface area contributed by atoms with Crippen molar-refractivity contribution in [3.05, 3.63) is 47.0 Å². The zero-order chi connectivity index (χ0) is 14.8. The average molecular weight is 307 g/mol. The topological polar surface area (TPSA) is 42.1 Å². The summed E-state index contributed by atoms with van der Waals surface area (Å²) in [5, 5.41) is 0.657. The van der Waals surface area contributed by atoms with Crippen LogP contribution in [0.2, 0.25) is 0 Å². The molecule has 2 aliphatic rings. The molecular weight excluding hydrogens is 290 g/mol. The second-order valence-electron chi connectivity index (χ2n) is 6.36. The van der Waals surface area contributed by atoms with E-state index >= 15 is 0 Å². The molecule has 1 atom stereocenters. The second-order valence-corrected chi connectivity index (χ2v) is 7.42. The first-order valence-corrected chi connectivity index (χ1v) is 8.54. The number of rotatable bonds is 0. The third-order valence-electron chi connectivity index (χ3n) is 5.13. The molecule has 5 rings (SSSR count). The van der Waals surface area contributed by atoms with Crippen LogP contribution in [0, 0.1) is 0 Å². The van der Waals surface area contributed by atoms with E-state index in [-0.39, 0.29) is 0 Å². The van der Waals surface area contributed by atoms with E-state index in [2.05, 4.69) is 47.3 Å². The third-order valence-corrected chi connectivity index (χ3v) is 5.98. The van der Waals surface area contributed by atoms with Crippen molar-refractivity contribution in [2.75, 3.05) is 19.3 Å². The predicted molar refractivity (Wildman–Crippen MR) is 92.2 cm³/mol. The van der Waals surface area contributed by atoms with Gasteiger partial charge in [-0.3, -0.25) is 4.90 Å². The summed E-state index contributed by atoms with van der Waals surface area (Å²) in [6.07, 6.45) is 2.24. The first-order chi connectivity index (χ1) is 10.7. The minimum atomic E-state index is 0.509. The number of nitrogens with zero attached hydrogens (tertiary/aromatic N) is 2. The normalized spacial score (nSPS) is 20.0. The molecule has 1 aromatic heterocycles. The van der Waals surface area contributed by atoms with Gasteiger partial charge in [0.15, 0.2) is 5.13 Å². The first kappa shape index (κ1) is 12.6. The molecule has 1 aliphatic carbocycles. The van der Waals surface area contributed by atoms with Crippen molar-refractivity contribution >= 4 is 26.7 Å². The van der Waals surface area contributed by atoms with E-state index in [1.807, 2.05) is 0 Å². The van der Waals surface area contributed by atoms with Crippen LogP contribution in [0.3, 0.4) is 0 Å². The molecule has 0 saturated heterocycles. The minimum absolute atomic E-state index is 0.509. The van der Waals surface area contributed by atoms with E-state index in [1.54, 1.807) is 11.3 Å². The molecule has 3 aromatic rings. The molecule has 0 amide bonds. The van der Waals surface area contributed by atoms with Gasteiger partial charge >= 0.3 is 0 Å². The quantitative estimate of drug-likeness (QED) is 0.689. The molecule has 0 saturated carbocycles. The van der Waals surface area contributed by atoms with E-state index in [9.17, 15) is 0 Å². The molecule has 0 spiro atoms. The van der Waals surface area contributed by atoms with Gasteiger partial charge in [0.1, 0.15) is 0 Å². The number of hydrogen-bond acceptors (Lipinski definition) is 4. The van der Waals surface area contributed by atoms with Crippen molar-refractivity contribution in [2.45, 2.75) is 18.9 Å². The highest BCUT2D eigenvalue weighted by molar-refractivity contribution is 7.22. The number of thiazole rings is 1. The fraction of sp³-hybridized carbons (Fsp3) is 0.278. The Balaban J connectivity index is 1.83. The highest BCUT2D eigenvalue weighted by Gasteiger charge is 2.32. The zero-order valence-corrected chi connectivity index (χ0v) is 13.3. The molecule has 3 nitrogen and oxygen atoms in total. The summed E-state index contributed by atoms with van der Waals surface area (Å²) in [5.41, 5.74) is 14.1. The SMILES string of the molecule is CN1CCc2cccc3c2C1Cc1cc2sc(N)nc2cc1-3. The monoisotopic (exact) mass is 307 g/mol. The maximum atomic E-state index is 5.89. The standard InChI is InChI=1S/C18H17N3S/c1-21-6-5-10-3-2-4-12-13-9-14-16(22-18(19)20-14)8-11(13)7-15(21)17(10)12/h2-4,8-9,15H,5-7H2,1H3,(H2,19,20). The van der Waals surface area contributed by atoms with Gasteiger partial charge in [-0.1, -0.05) is 29.5 Å². The molecule has 0 bridgehead atoms. The first-order valence-electron chi connectivity index (χ1n) is 7.72. The van der Waals surface area contributed by atoms with Crippen LogP contribution in [0.15, 0.2) is 30.3 Å². The summed E-state index contributed by atoms with van der Waals surface area (Å²) < 4.78 is 1.20. The molecule has 22 heavy (non-hydrogen) atoms. The second kappa shape index (κ2) is 4.31. The number of nitrogen functional groups attached to an aromatic ring is 1. The largest absolute Gasteiger partial charge is 0.375 e. The number of fused-ring (bicyclic) bond motifs is 3. The highest BCUT2D eigenvalue weighted by atomic mass is 32.1. The molecule has 0 fully saturated rings. The number of anilines is 1. The van der Waals surface area contributed by atoms with E-state index in [1.165, 1.54) is 32.5 Å². The summed E-state index contributed by atoms with van der Waals surface area (Å²) in [4.78, 5) is 6.97. The summed E-state index contributed by atoms with van der Waals surface area (Å²) >= 11 is 1.59. The van der Waals surface area contributed by atoms with Gasteiger partial charge < -0.3 is 5.73 Å². The van der Waals surface area contributed by atoms with Crippen molar-refractivity contribution in [1.29, 1.82) is 0 Å². The molecule has 4 heteroatoms. The van der Waals surface area contributed by atoms with E-state index in [4.69, 9.17) is 5.73 Å². The van der Waals surface area contributed by atoms with Crippen LogP contribution in [0.1, 0.15) is 22.7 Å². The Morgan fingerprint density at radius 2 is 2.14 bits per heavy atom. The van der Waals surface area contributed by atoms with Crippen molar-refractivity contribution in [3.63, 3.8) is 0 Å². The van der Waals surface area contributed by atoms with Crippen LogP contribution in [-0.4, -0.2) is 23.5 Å². The summed E-state index contributed by atoms with van der Waals surface area (Å²) in [6.45, 7) is 1.15. The number of aromatic nitrogens is 1. The van der Waals surface area contributed by atoms with Crippen LogP contribution in [0.25, 0.3) is 21.3 Å². The molecule has 2 N–H and O–H groups in total. The van der Waals surface area contributed by atoms with E-state index in [0.717, 1.165) is 24.9 Å². The molecule has 1 unspecified atom stereocenters. The van der Waals surface area contributed by atoms with Crippen molar-refractivity contribution in [3.8, 4) is 11.1 Å². The Labute approximate surface area is 133 Å². The van der Waals surface area contributed by atoms with Gasteiger partial charge in [-0.2, -0.15) is 0 Å². The number of benzene rings is 2. The lowest BCUT2D eigenvalue weighted by Gasteiger charge is -2.39. The van der Waals surface area contributed by atoms with E-state index in [0.29, 0.717) is 11.2 Å². The maximum Gasteiger partial charge on any atom is 0.181 e. The maximum absolute atomic E-state index is 5.89. The molecule has 0 radical (unpaired) electrons. The van der Waals surface area contributed by atoms with Gasteiger partial charge in [0.05, 0.1) is 10.2 Å². The van der Waals surface area contributed by atoms with Crippen LogP contribution >= 0.6 is 11.3 Å². The van der Waals surface area contributed by atoms with Gasteiger partial charge in [0, 0.05) is 12.6 Å². The molecule has 110 valence electrons. The number of hydrogen-bond donors (Lipinski definition) is 1. The molecule has 2 heterocycles. The number of nitrogens with two attached hydrogens (primary N) is 1. The Bertz CT molecular complexity index is 912. The Morgan fingerprint density at radius 3 is 3.05 bits per heavy atom. The van der Waals surface area contributed by atoms with Crippen LogP contribution < -0.4 is 5.73 Å². The lowest BCUT2D eigenvalue weighted by atomic mass is 9.77. The zero-order valence-electron chi connectivity index (χ0n) is 12.5. The van der Waals surface area contributed by atoms with Crippen LogP contribution in [-0.2, 0) is 12.8 Å². The average Bonchev–Trinajstić information content (AvgIpc) is 2.88. The predicted octanol–water partition coefficient (Wildman–Crippen LogP) is 3.63. The van der Waals surface area contributed by atoms with Gasteiger partial charge in [-0.05, 0) is 59.8 Å². The van der Waals surface area contributed by atoms with Crippen molar-refractivity contribution in [1.82, 2.24) is 9.88 Å². The van der Waals surface area contributed by atoms with Crippen LogP contribution in [0.5, 0.6) is 0 Å². The van der Waals surface area contributed by atoms with Crippen LogP contribution in [0.4, 0.5) is 5.13 Å².